The van der Waals surface area contributed by atoms with Gasteiger partial charge >= 0.3 is 17.9 Å². The zero-order valence-electron chi connectivity index (χ0n) is 56.1. The Kier molecular flexibility index (Phi) is 70.0. The van der Waals surface area contributed by atoms with Crippen molar-refractivity contribution in [3.63, 3.8) is 0 Å². The smallest absolute Gasteiger partial charge is 0.306 e. The van der Waals surface area contributed by atoms with Crippen LogP contribution in [0.25, 0.3) is 0 Å². The second-order valence-electron chi connectivity index (χ2n) is 25.9. The molecule has 0 heterocycles. The number of rotatable bonds is 71. The minimum atomic E-state index is -0.766. The van der Waals surface area contributed by atoms with Crippen LogP contribution in [0, 0.1) is 0 Å². The highest BCUT2D eigenvalue weighted by atomic mass is 16.6. The maximum atomic E-state index is 12.9. The molecule has 6 nitrogen and oxygen atoms in total. The summed E-state index contributed by atoms with van der Waals surface area (Å²) in [6.45, 7) is 6.72. The molecule has 0 rings (SSSR count). The average Bonchev–Trinajstić information content (AvgIpc) is 3.47. The fourth-order valence-electron chi connectivity index (χ4n) is 11.9. The van der Waals surface area contributed by atoms with Gasteiger partial charge in [0.05, 0.1) is 0 Å². The zero-order valence-corrected chi connectivity index (χ0v) is 56.1. The van der Waals surface area contributed by atoms with E-state index in [1.54, 1.807) is 0 Å². The van der Waals surface area contributed by atoms with E-state index >= 15 is 0 Å². The summed E-state index contributed by atoms with van der Waals surface area (Å²) < 4.78 is 17.0. The molecule has 0 aliphatic carbocycles. The molecule has 0 fully saturated rings. The summed E-state index contributed by atoms with van der Waals surface area (Å²) >= 11 is 0. The van der Waals surface area contributed by atoms with Crippen LogP contribution in [-0.4, -0.2) is 37.2 Å². The molecule has 0 aliphatic rings. The molecule has 0 bridgehead atoms. The first kappa shape index (κ1) is 80.2. The van der Waals surface area contributed by atoms with Crippen molar-refractivity contribution >= 4 is 17.9 Å². The molecule has 1 atom stereocenters. The average molecular weight is 1160 g/mol. The van der Waals surface area contributed by atoms with Crippen LogP contribution < -0.4 is 0 Å². The molecule has 0 spiro atoms. The lowest BCUT2D eigenvalue weighted by atomic mass is 10.0. The van der Waals surface area contributed by atoms with E-state index in [4.69, 9.17) is 14.2 Å². The molecule has 0 radical (unpaired) electrons. The first-order valence-electron chi connectivity index (χ1n) is 37.7. The molecule has 0 N–H and O–H groups in total. The fourth-order valence-corrected chi connectivity index (χ4v) is 11.9. The molecule has 0 saturated heterocycles. The quantitative estimate of drug-likeness (QED) is 0.0261. The Labute approximate surface area is 513 Å². The number of carbonyl (C=O) groups excluding carboxylic acids is 3. The first-order chi connectivity index (χ1) is 40.5. The molecule has 0 amide bonds. The molecule has 0 aromatic heterocycles. The predicted molar refractivity (Wildman–Crippen MR) is 358 cm³/mol. The Hall–Kier alpha value is -1.85. The van der Waals surface area contributed by atoms with Gasteiger partial charge in [0, 0.05) is 19.3 Å². The lowest BCUT2D eigenvalue weighted by Crippen LogP contribution is -2.30. The van der Waals surface area contributed by atoms with Gasteiger partial charge in [0.2, 0.25) is 0 Å². The monoisotopic (exact) mass is 1160 g/mol. The van der Waals surface area contributed by atoms with E-state index < -0.39 is 6.10 Å². The highest BCUT2D eigenvalue weighted by molar-refractivity contribution is 5.71. The minimum Gasteiger partial charge on any atom is -0.462 e. The number of esters is 3. The molecular weight excluding hydrogens is 1010 g/mol. The van der Waals surface area contributed by atoms with Gasteiger partial charge in [-0.05, 0) is 44.9 Å². The van der Waals surface area contributed by atoms with Crippen LogP contribution in [0.2, 0.25) is 0 Å². The number of hydrogen-bond donors (Lipinski definition) is 0. The van der Waals surface area contributed by atoms with Crippen molar-refractivity contribution in [2.24, 2.45) is 0 Å². The lowest BCUT2D eigenvalue weighted by molar-refractivity contribution is -0.167. The van der Waals surface area contributed by atoms with Crippen molar-refractivity contribution in [1.82, 2.24) is 0 Å². The molecule has 0 aromatic rings. The van der Waals surface area contributed by atoms with Crippen molar-refractivity contribution < 1.29 is 28.6 Å². The van der Waals surface area contributed by atoms with Gasteiger partial charge in [-0.2, -0.15) is 0 Å². The van der Waals surface area contributed by atoms with Crippen molar-refractivity contribution in [2.75, 3.05) is 13.2 Å². The van der Waals surface area contributed by atoms with E-state index in [0.717, 1.165) is 57.8 Å². The SMILES string of the molecule is CCCCCCCCCC/C=C\CCCCCCCCCCCCCC(=O)OC(COC(=O)CCCCCCCCCCCC)COC(=O)CCCCCCCCCCCCCCCCCCCCCCCCCCCCCCCCC. The highest BCUT2D eigenvalue weighted by Crippen LogP contribution is 2.20. The Morgan fingerprint density at radius 1 is 0.232 bits per heavy atom. The summed E-state index contributed by atoms with van der Waals surface area (Å²) in [6.07, 6.45) is 87.1. The predicted octanol–water partition coefficient (Wildman–Crippen LogP) is 26.0. The third kappa shape index (κ3) is 68.9. The first-order valence-corrected chi connectivity index (χ1v) is 37.7. The molecule has 0 saturated carbocycles. The number of hydrogen-bond acceptors (Lipinski definition) is 6. The maximum Gasteiger partial charge on any atom is 0.306 e. The molecule has 0 aromatic carbocycles. The second kappa shape index (κ2) is 71.6. The summed E-state index contributed by atoms with van der Waals surface area (Å²) in [5, 5.41) is 0. The molecular formula is C76H146O6. The van der Waals surface area contributed by atoms with Crippen molar-refractivity contribution in [3.8, 4) is 0 Å². The van der Waals surface area contributed by atoms with Gasteiger partial charge in [0.25, 0.3) is 0 Å². The van der Waals surface area contributed by atoms with Crippen LogP contribution >= 0.6 is 0 Å². The number of allylic oxidation sites excluding steroid dienone is 2. The molecule has 0 aliphatic heterocycles. The normalized spacial score (nSPS) is 12.0. The fraction of sp³-hybridized carbons (Fsp3) is 0.934. The summed E-state index contributed by atoms with van der Waals surface area (Å²) in [7, 11) is 0. The van der Waals surface area contributed by atoms with E-state index in [1.807, 2.05) is 0 Å². The Morgan fingerprint density at radius 2 is 0.402 bits per heavy atom. The van der Waals surface area contributed by atoms with Crippen LogP contribution in [0.4, 0.5) is 0 Å². The standard InChI is InChI=1S/C76H146O6/c1-4-7-10-13-16-19-22-24-26-28-30-32-34-35-36-37-38-39-40-41-43-44-46-48-50-52-54-57-60-63-66-69-75(78)81-72-73(71-80-74(77)68-65-62-59-56-21-18-15-12-9-6-3)82-76(79)70-67-64-61-58-55-53-51-49-47-45-42-33-31-29-27-25-23-20-17-14-11-8-5-2/h29,31,73H,4-28,30,32-72H2,1-3H3/b31-29-. The summed E-state index contributed by atoms with van der Waals surface area (Å²) in [6, 6.07) is 0. The van der Waals surface area contributed by atoms with Crippen LogP contribution in [0.3, 0.4) is 0 Å². The van der Waals surface area contributed by atoms with Crippen LogP contribution in [-0.2, 0) is 28.6 Å². The summed E-state index contributed by atoms with van der Waals surface area (Å²) in [5.74, 6) is -0.831. The van der Waals surface area contributed by atoms with E-state index in [2.05, 4.69) is 32.9 Å². The van der Waals surface area contributed by atoms with Gasteiger partial charge in [-0.25, -0.2) is 0 Å². The Bertz CT molecular complexity index is 1280. The number of ether oxygens (including phenoxy) is 3. The van der Waals surface area contributed by atoms with E-state index in [1.165, 1.54) is 340 Å². The molecule has 1 unspecified atom stereocenters. The summed E-state index contributed by atoms with van der Waals surface area (Å²) in [4.78, 5) is 38.4. The largest absolute Gasteiger partial charge is 0.462 e. The van der Waals surface area contributed by atoms with E-state index in [9.17, 15) is 14.4 Å². The maximum absolute atomic E-state index is 12.9. The van der Waals surface area contributed by atoms with Gasteiger partial charge in [0.1, 0.15) is 13.2 Å². The lowest BCUT2D eigenvalue weighted by Gasteiger charge is -2.18. The topological polar surface area (TPSA) is 78.9 Å². The van der Waals surface area contributed by atoms with Gasteiger partial charge in [-0.15, -0.1) is 0 Å². The second-order valence-corrected chi connectivity index (χ2v) is 25.9. The Balaban J connectivity index is 4.06. The molecule has 6 heteroatoms. The van der Waals surface area contributed by atoms with Gasteiger partial charge in [-0.1, -0.05) is 386 Å². The summed E-state index contributed by atoms with van der Waals surface area (Å²) in [5.41, 5.74) is 0. The van der Waals surface area contributed by atoms with Crippen LogP contribution in [0.5, 0.6) is 0 Å². The van der Waals surface area contributed by atoms with Crippen molar-refractivity contribution in [3.05, 3.63) is 12.2 Å². The third-order valence-electron chi connectivity index (χ3n) is 17.5. The minimum absolute atomic E-state index is 0.0633. The van der Waals surface area contributed by atoms with Gasteiger partial charge in [-0.3, -0.25) is 14.4 Å². The zero-order chi connectivity index (χ0) is 59.2. The van der Waals surface area contributed by atoms with Gasteiger partial charge < -0.3 is 14.2 Å². The number of carbonyl (C=O) groups is 3. The van der Waals surface area contributed by atoms with Crippen LogP contribution in [0.1, 0.15) is 438 Å². The van der Waals surface area contributed by atoms with Gasteiger partial charge in [0.15, 0.2) is 6.10 Å². The van der Waals surface area contributed by atoms with E-state index in [0.29, 0.717) is 19.3 Å². The van der Waals surface area contributed by atoms with Crippen molar-refractivity contribution in [1.29, 1.82) is 0 Å². The molecule has 486 valence electrons. The highest BCUT2D eigenvalue weighted by Gasteiger charge is 2.20. The number of unbranched alkanes of at least 4 members (excludes halogenated alkanes) is 58. The Morgan fingerprint density at radius 3 is 0.610 bits per heavy atom. The molecule has 82 heavy (non-hydrogen) atoms. The van der Waals surface area contributed by atoms with Crippen LogP contribution in [0.15, 0.2) is 12.2 Å². The third-order valence-corrected chi connectivity index (χ3v) is 17.5. The van der Waals surface area contributed by atoms with E-state index in [-0.39, 0.29) is 31.1 Å². The van der Waals surface area contributed by atoms with Crippen molar-refractivity contribution in [2.45, 2.75) is 444 Å².